The first-order valence-electron chi connectivity index (χ1n) is 4.03. The van der Waals surface area contributed by atoms with Gasteiger partial charge in [0.25, 0.3) is 0 Å². The van der Waals surface area contributed by atoms with E-state index in [9.17, 15) is 5.21 Å². The molecule has 1 aliphatic rings. The Morgan fingerprint density at radius 2 is 2.17 bits per heavy atom. The molecule has 1 N–H and O–H groups in total. The quantitative estimate of drug-likeness (QED) is 0.577. The van der Waals surface area contributed by atoms with E-state index in [-0.39, 0.29) is 0 Å². The molecule has 0 radical (unpaired) electrons. The molecule has 1 aliphatic carbocycles. The highest BCUT2D eigenvalue weighted by Gasteiger charge is 2.20. The predicted molar refractivity (Wildman–Crippen MR) is 40.8 cm³/mol. The monoisotopic (exact) mass is 163 g/mol. The topological polar surface area (TPSA) is 61.8 Å². The maximum atomic E-state index is 9.26. The molecule has 0 saturated heterocycles. The normalized spacial score (nSPS) is 15.2. The summed E-state index contributed by atoms with van der Waals surface area (Å²) in [4.78, 5) is 0.854. The second kappa shape index (κ2) is 2.52. The van der Waals surface area contributed by atoms with Gasteiger partial charge >= 0.3 is 0 Å². The predicted octanol–water partition coefficient (Wildman–Crippen LogP) is 0.871. The highest BCUT2D eigenvalue weighted by Crippen LogP contribution is 2.22. The van der Waals surface area contributed by atoms with Crippen molar-refractivity contribution in [2.24, 2.45) is 0 Å². The van der Waals surface area contributed by atoms with Crippen molar-refractivity contribution in [2.75, 3.05) is 0 Å². The van der Waals surface area contributed by atoms with Gasteiger partial charge in [-0.15, -0.1) is 9.94 Å². The zero-order valence-electron chi connectivity index (χ0n) is 6.62. The highest BCUT2D eigenvalue weighted by molar-refractivity contribution is 5.36. The van der Waals surface area contributed by atoms with E-state index in [1.54, 1.807) is 0 Å². The van der Waals surface area contributed by atoms with Crippen molar-refractivity contribution in [3.63, 3.8) is 0 Å². The van der Waals surface area contributed by atoms with E-state index in [1.807, 2.05) is 6.07 Å². The summed E-state index contributed by atoms with van der Waals surface area (Å²) in [5.41, 5.74) is 2.14. The Morgan fingerprint density at radius 1 is 1.42 bits per heavy atom. The van der Waals surface area contributed by atoms with Crippen LogP contribution in [-0.2, 0) is 12.8 Å². The molecule has 0 amide bonds. The SMILES string of the molecule is N#Cc1nn(O)c2c1CCCC2. The third-order valence-corrected chi connectivity index (χ3v) is 2.27. The lowest BCUT2D eigenvalue weighted by Gasteiger charge is -2.09. The summed E-state index contributed by atoms with van der Waals surface area (Å²) in [7, 11) is 0. The average molecular weight is 163 g/mol. The van der Waals surface area contributed by atoms with Crippen molar-refractivity contribution in [3.05, 3.63) is 17.0 Å². The van der Waals surface area contributed by atoms with Gasteiger partial charge in [0.05, 0.1) is 5.69 Å². The summed E-state index contributed by atoms with van der Waals surface area (Å²) in [6.07, 6.45) is 3.87. The first-order valence-corrected chi connectivity index (χ1v) is 4.03. The van der Waals surface area contributed by atoms with Gasteiger partial charge in [-0.1, -0.05) is 0 Å². The van der Waals surface area contributed by atoms with Gasteiger partial charge in [0.1, 0.15) is 6.07 Å². The Morgan fingerprint density at radius 3 is 2.92 bits per heavy atom. The van der Waals surface area contributed by atoms with Crippen molar-refractivity contribution in [1.29, 1.82) is 5.26 Å². The Kier molecular flexibility index (Phi) is 1.51. The molecule has 1 aromatic heterocycles. The summed E-state index contributed by atoms with van der Waals surface area (Å²) in [6.45, 7) is 0. The van der Waals surface area contributed by atoms with E-state index in [0.29, 0.717) is 5.69 Å². The summed E-state index contributed by atoms with van der Waals surface area (Å²) >= 11 is 0. The lowest BCUT2D eigenvalue weighted by atomic mass is 9.96. The lowest BCUT2D eigenvalue weighted by Crippen LogP contribution is -2.06. The minimum atomic E-state index is 0.382. The van der Waals surface area contributed by atoms with Gasteiger partial charge in [-0.05, 0) is 25.7 Å². The average Bonchev–Trinajstić information content (AvgIpc) is 2.44. The molecule has 2 rings (SSSR count). The zero-order valence-corrected chi connectivity index (χ0v) is 6.62. The second-order valence-electron chi connectivity index (χ2n) is 2.98. The third kappa shape index (κ3) is 0.866. The van der Waals surface area contributed by atoms with E-state index in [4.69, 9.17) is 5.26 Å². The molecular weight excluding hydrogens is 154 g/mol. The molecule has 0 atom stereocenters. The number of fused-ring (bicyclic) bond motifs is 1. The van der Waals surface area contributed by atoms with Crippen LogP contribution >= 0.6 is 0 Å². The summed E-state index contributed by atoms with van der Waals surface area (Å²) in [5, 5.41) is 21.7. The Bertz CT molecular complexity index is 348. The minimum Gasteiger partial charge on any atom is -0.411 e. The van der Waals surface area contributed by atoms with Crippen LogP contribution < -0.4 is 0 Å². The van der Waals surface area contributed by atoms with Gasteiger partial charge in [-0.25, -0.2) is 0 Å². The maximum Gasteiger partial charge on any atom is 0.169 e. The van der Waals surface area contributed by atoms with Crippen LogP contribution in [0.2, 0.25) is 0 Å². The largest absolute Gasteiger partial charge is 0.411 e. The fourth-order valence-corrected chi connectivity index (χ4v) is 1.67. The van der Waals surface area contributed by atoms with E-state index in [0.717, 1.165) is 41.8 Å². The fourth-order valence-electron chi connectivity index (χ4n) is 1.67. The zero-order chi connectivity index (χ0) is 8.55. The molecule has 0 aliphatic heterocycles. The molecule has 4 heteroatoms. The van der Waals surface area contributed by atoms with Gasteiger partial charge in [0, 0.05) is 5.56 Å². The van der Waals surface area contributed by atoms with E-state index >= 15 is 0 Å². The molecule has 12 heavy (non-hydrogen) atoms. The van der Waals surface area contributed by atoms with Crippen LogP contribution in [0.25, 0.3) is 0 Å². The van der Waals surface area contributed by atoms with Crippen molar-refractivity contribution >= 4 is 0 Å². The molecule has 1 heterocycles. The standard InChI is InChI=1S/C8H9N3O/c9-5-7-6-3-1-2-4-8(6)11(12)10-7/h12H,1-4H2. The number of hydrogen-bond donors (Lipinski definition) is 1. The molecule has 0 unspecified atom stereocenters. The van der Waals surface area contributed by atoms with E-state index < -0.39 is 0 Å². The summed E-state index contributed by atoms with van der Waals surface area (Å²) < 4.78 is 0. The summed E-state index contributed by atoms with van der Waals surface area (Å²) in [5.74, 6) is 0. The number of nitrogens with zero attached hydrogens (tertiary/aromatic N) is 3. The fraction of sp³-hybridized carbons (Fsp3) is 0.500. The second-order valence-corrected chi connectivity index (χ2v) is 2.98. The van der Waals surface area contributed by atoms with Crippen molar-refractivity contribution in [2.45, 2.75) is 25.7 Å². The van der Waals surface area contributed by atoms with Crippen LogP contribution in [-0.4, -0.2) is 15.2 Å². The Balaban J connectivity index is 2.56. The van der Waals surface area contributed by atoms with Gasteiger partial charge in [0.2, 0.25) is 0 Å². The minimum absolute atomic E-state index is 0.382. The molecule has 0 fully saturated rings. The van der Waals surface area contributed by atoms with E-state index in [2.05, 4.69) is 5.10 Å². The van der Waals surface area contributed by atoms with E-state index in [1.165, 1.54) is 0 Å². The van der Waals surface area contributed by atoms with Crippen LogP contribution in [0.3, 0.4) is 0 Å². The number of rotatable bonds is 0. The molecule has 0 bridgehead atoms. The number of hydrogen-bond acceptors (Lipinski definition) is 3. The van der Waals surface area contributed by atoms with Gasteiger partial charge in [-0.2, -0.15) is 5.26 Å². The molecule has 4 nitrogen and oxygen atoms in total. The van der Waals surface area contributed by atoms with Crippen LogP contribution in [0.4, 0.5) is 0 Å². The molecule has 0 aromatic carbocycles. The molecule has 0 saturated carbocycles. The van der Waals surface area contributed by atoms with Crippen LogP contribution in [0.1, 0.15) is 29.8 Å². The first kappa shape index (κ1) is 7.17. The highest BCUT2D eigenvalue weighted by atomic mass is 16.5. The smallest absolute Gasteiger partial charge is 0.169 e. The van der Waals surface area contributed by atoms with Gasteiger partial charge in [-0.3, -0.25) is 0 Å². The number of nitriles is 1. The lowest BCUT2D eigenvalue weighted by molar-refractivity contribution is 0.138. The molecule has 62 valence electrons. The Labute approximate surface area is 70.0 Å². The van der Waals surface area contributed by atoms with Crippen molar-refractivity contribution in [3.8, 4) is 6.07 Å². The van der Waals surface area contributed by atoms with Crippen molar-refractivity contribution in [1.82, 2.24) is 9.94 Å². The molecular formula is C8H9N3O. The molecule has 0 spiro atoms. The van der Waals surface area contributed by atoms with Crippen LogP contribution in [0, 0.1) is 11.3 Å². The number of aromatic nitrogens is 2. The Hall–Kier alpha value is -1.50. The van der Waals surface area contributed by atoms with Crippen LogP contribution in [0.5, 0.6) is 0 Å². The first-order chi connectivity index (χ1) is 5.83. The van der Waals surface area contributed by atoms with Crippen LogP contribution in [0.15, 0.2) is 0 Å². The molecule has 1 aromatic rings. The maximum absolute atomic E-state index is 9.26. The third-order valence-electron chi connectivity index (χ3n) is 2.27. The summed E-state index contributed by atoms with van der Waals surface area (Å²) in [6, 6.07) is 1.98. The van der Waals surface area contributed by atoms with Gasteiger partial charge in [0.15, 0.2) is 5.69 Å². The van der Waals surface area contributed by atoms with Gasteiger partial charge < -0.3 is 5.21 Å². The van der Waals surface area contributed by atoms with Crippen molar-refractivity contribution < 1.29 is 5.21 Å².